The van der Waals surface area contributed by atoms with Crippen LogP contribution in [-0.4, -0.2) is 31.6 Å². The maximum Gasteiger partial charge on any atom is 0.119 e. The summed E-state index contributed by atoms with van der Waals surface area (Å²) in [5.74, 6) is 1.58. The van der Waals surface area contributed by atoms with Crippen molar-refractivity contribution >= 4 is 0 Å². The first-order valence-electron chi connectivity index (χ1n) is 7.03. The van der Waals surface area contributed by atoms with Gasteiger partial charge >= 0.3 is 0 Å². The van der Waals surface area contributed by atoms with Gasteiger partial charge in [-0.3, -0.25) is 0 Å². The predicted molar refractivity (Wildman–Crippen MR) is 81.5 cm³/mol. The fourth-order valence-corrected chi connectivity index (χ4v) is 2.33. The van der Waals surface area contributed by atoms with Gasteiger partial charge < -0.3 is 15.4 Å². The van der Waals surface area contributed by atoms with Crippen LogP contribution in [-0.2, 0) is 0 Å². The second-order valence-corrected chi connectivity index (χ2v) is 5.80. The van der Waals surface area contributed by atoms with Crippen LogP contribution in [0, 0.1) is 5.92 Å². The average Bonchev–Trinajstić information content (AvgIpc) is 2.37. The molecule has 0 saturated carbocycles. The van der Waals surface area contributed by atoms with Crippen LogP contribution in [0.25, 0.3) is 0 Å². The highest BCUT2D eigenvalue weighted by Crippen LogP contribution is 2.19. The lowest BCUT2D eigenvalue weighted by atomic mass is 10.0. The number of likely N-dealkylation sites (N-methyl/N-ethyl adjacent to an activating group) is 1. The van der Waals surface area contributed by atoms with E-state index in [4.69, 9.17) is 10.5 Å². The van der Waals surface area contributed by atoms with Crippen molar-refractivity contribution in [2.45, 2.75) is 39.3 Å². The fourth-order valence-electron chi connectivity index (χ4n) is 2.33. The number of methoxy groups -OCH3 is 1. The van der Waals surface area contributed by atoms with Gasteiger partial charge in [-0.25, -0.2) is 0 Å². The molecular weight excluding hydrogens is 236 g/mol. The molecule has 1 rings (SSSR count). The molecule has 0 saturated heterocycles. The third-order valence-electron chi connectivity index (χ3n) is 3.57. The Hall–Kier alpha value is -1.06. The third kappa shape index (κ3) is 5.21. The molecule has 2 atom stereocenters. The highest BCUT2D eigenvalue weighted by atomic mass is 16.5. The molecule has 1 aromatic rings. The summed E-state index contributed by atoms with van der Waals surface area (Å²) in [6.07, 6.45) is 1.20. The van der Waals surface area contributed by atoms with Crippen molar-refractivity contribution in [2.24, 2.45) is 11.7 Å². The van der Waals surface area contributed by atoms with Gasteiger partial charge in [0.15, 0.2) is 0 Å². The monoisotopic (exact) mass is 264 g/mol. The molecule has 0 radical (unpaired) electrons. The van der Waals surface area contributed by atoms with E-state index in [1.807, 2.05) is 18.2 Å². The van der Waals surface area contributed by atoms with E-state index < -0.39 is 0 Å². The largest absolute Gasteiger partial charge is 0.497 e. The zero-order chi connectivity index (χ0) is 14.4. The van der Waals surface area contributed by atoms with Gasteiger partial charge in [-0.15, -0.1) is 0 Å². The minimum Gasteiger partial charge on any atom is -0.497 e. The number of hydrogen-bond donors (Lipinski definition) is 1. The minimum atomic E-state index is 0.0229. The fraction of sp³-hybridized carbons (Fsp3) is 0.625. The first-order chi connectivity index (χ1) is 8.93. The van der Waals surface area contributed by atoms with Crippen LogP contribution in [0.15, 0.2) is 24.3 Å². The van der Waals surface area contributed by atoms with E-state index in [9.17, 15) is 0 Å². The summed E-state index contributed by atoms with van der Waals surface area (Å²) < 4.78 is 5.24. The van der Waals surface area contributed by atoms with E-state index in [1.165, 1.54) is 6.42 Å². The number of hydrogen-bond acceptors (Lipinski definition) is 3. The van der Waals surface area contributed by atoms with Crippen LogP contribution in [0.5, 0.6) is 5.75 Å². The number of nitrogens with two attached hydrogens (primary N) is 1. The summed E-state index contributed by atoms with van der Waals surface area (Å²) >= 11 is 0. The summed E-state index contributed by atoms with van der Waals surface area (Å²) in [6.45, 7) is 7.64. The van der Waals surface area contributed by atoms with E-state index in [2.05, 4.69) is 38.8 Å². The van der Waals surface area contributed by atoms with Gasteiger partial charge in [-0.05, 0) is 44.0 Å². The van der Waals surface area contributed by atoms with Crippen molar-refractivity contribution in [1.29, 1.82) is 0 Å². The number of rotatable bonds is 7. The maximum atomic E-state index is 6.29. The Kier molecular flexibility index (Phi) is 6.32. The number of ether oxygens (including phenoxy) is 1. The highest BCUT2D eigenvalue weighted by Gasteiger charge is 2.15. The molecule has 0 aliphatic carbocycles. The molecule has 108 valence electrons. The summed E-state index contributed by atoms with van der Waals surface area (Å²) in [7, 11) is 3.83. The molecule has 3 heteroatoms. The van der Waals surface area contributed by atoms with Crippen molar-refractivity contribution in [3.63, 3.8) is 0 Å². The van der Waals surface area contributed by atoms with Gasteiger partial charge in [-0.2, -0.15) is 0 Å². The molecule has 0 amide bonds. The van der Waals surface area contributed by atoms with E-state index >= 15 is 0 Å². The molecule has 19 heavy (non-hydrogen) atoms. The molecule has 0 bridgehead atoms. The molecule has 2 unspecified atom stereocenters. The van der Waals surface area contributed by atoms with E-state index in [0.717, 1.165) is 17.9 Å². The number of nitrogens with zero attached hydrogens (tertiary/aromatic N) is 1. The van der Waals surface area contributed by atoms with Gasteiger partial charge in [0, 0.05) is 18.6 Å². The summed E-state index contributed by atoms with van der Waals surface area (Å²) in [4.78, 5) is 2.34. The van der Waals surface area contributed by atoms with Crippen LogP contribution in [0.3, 0.4) is 0 Å². The second kappa shape index (κ2) is 7.51. The van der Waals surface area contributed by atoms with Gasteiger partial charge in [0.2, 0.25) is 0 Å². The Bertz CT molecular complexity index is 379. The smallest absolute Gasteiger partial charge is 0.119 e. The summed E-state index contributed by atoms with van der Waals surface area (Å²) in [5.41, 5.74) is 7.42. The molecule has 0 heterocycles. The Morgan fingerprint density at radius 3 is 2.53 bits per heavy atom. The van der Waals surface area contributed by atoms with Crippen molar-refractivity contribution in [2.75, 3.05) is 20.7 Å². The molecule has 0 fully saturated rings. The molecule has 2 N–H and O–H groups in total. The van der Waals surface area contributed by atoms with Crippen LogP contribution in [0.1, 0.15) is 38.8 Å². The van der Waals surface area contributed by atoms with Gasteiger partial charge in [0.25, 0.3) is 0 Å². The van der Waals surface area contributed by atoms with Crippen LogP contribution >= 0.6 is 0 Å². The molecular formula is C16H28N2O. The first-order valence-corrected chi connectivity index (χ1v) is 7.03. The van der Waals surface area contributed by atoms with Crippen molar-refractivity contribution in [3.8, 4) is 5.75 Å². The highest BCUT2D eigenvalue weighted by molar-refractivity contribution is 5.30. The average molecular weight is 264 g/mol. The van der Waals surface area contributed by atoms with Crippen molar-refractivity contribution in [1.82, 2.24) is 4.90 Å². The molecule has 0 spiro atoms. The topological polar surface area (TPSA) is 38.5 Å². The first kappa shape index (κ1) is 16.0. The Balaban J connectivity index is 2.60. The van der Waals surface area contributed by atoms with Crippen LogP contribution < -0.4 is 10.5 Å². The Labute approximate surface area is 117 Å². The lowest BCUT2D eigenvalue weighted by Crippen LogP contribution is -2.36. The number of benzene rings is 1. The second-order valence-electron chi connectivity index (χ2n) is 5.80. The predicted octanol–water partition coefficient (Wildman–Crippen LogP) is 3.06. The van der Waals surface area contributed by atoms with E-state index in [0.29, 0.717) is 12.0 Å². The van der Waals surface area contributed by atoms with E-state index in [1.54, 1.807) is 7.11 Å². The Morgan fingerprint density at radius 2 is 1.95 bits per heavy atom. The Morgan fingerprint density at radius 1 is 1.26 bits per heavy atom. The lowest BCUT2D eigenvalue weighted by molar-refractivity contribution is 0.216. The van der Waals surface area contributed by atoms with E-state index in [-0.39, 0.29) is 6.04 Å². The normalized spacial score (nSPS) is 14.7. The lowest BCUT2D eigenvalue weighted by Gasteiger charge is -2.28. The summed E-state index contributed by atoms with van der Waals surface area (Å²) in [6, 6.07) is 8.60. The van der Waals surface area contributed by atoms with Crippen LogP contribution in [0.4, 0.5) is 0 Å². The molecule has 0 aromatic heterocycles. The zero-order valence-corrected chi connectivity index (χ0v) is 12.9. The van der Waals surface area contributed by atoms with Gasteiger partial charge in [-0.1, -0.05) is 26.0 Å². The van der Waals surface area contributed by atoms with Gasteiger partial charge in [0.05, 0.1) is 7.11 Å². The molecule has 3 nitrogen and oxygen atoms in total. The molecule has 0 aliphatic rings. The van der Waals surface area contributed by atoms with Gasteiger partial charge in [0.1, 0.15) is 5.75 Å². The quantitative estimate of drug-likeness (QED) is 0.822. The zero-order valence-electron chi connectivity index (χ0n) is 12.9. The standard InChI is InChI=1S/C16H28N2O/c1-12(2)9-13(3)18(4)11-16(17)14-7-6-8-15(10-14)19-5/h6-8,10,12-13,16H,9,11,17H2,1-5H3. The summed E-state index contributed by atoms with van der Waals surface area (Å²) in [5, 5.41) is 0. The minimum absolute atomic E-state index is 0.0229. The maximum absolute atomic E-state index is 6.29. The molecule has 1 aromatic carbocycles. The molecule has 0 aliphatic heterocycles. The third-order valence-corrected chi connectivity index (χ3v) is 3.57. The van der Waals surface area contributed by atoms with Crippen LogP contribution in [0.2, 0.25) is 0 Å². The van der Waals surface area contributed by atoms with Crippen molar-refractivity contribution < 1.29 is 4.74 Å². The van der Waals surface area contributed by atoms with Crippen molar-refractivity contribution in [3.05, 3.63) is 29.8 Å². The SMILES string of the molecule is COc1cccc(C(N)CN(C)C(C)CC(C)C)c1.